The number of hydrogen-bond donors (Lipinski definition) is 13. The fraction of sp³-hybridized carbons (Fsp3) is 0.562. The third kappa shape index (κ3) is 7.44. The maximum Gasteiger partial charge on any atom is 0.229 e. The summed E-state index contributed by atoms with van der Waals surface area (Å²) in [4.78, 5) is 0. The van der Waals surface area contributed by atoms with Gasteiger partial charge in [-0.3, -0.25) is 0 Å². The molecule has 2 aromatic rings. The number of rotatable bonds is 10. The summed E-state index contributed by atoms with van der Waals surface area (Å²) in [5, 5.41) is 133. The van der Waals surface area contributed by atoms with Gasteiger partial charge in [0.25, 0.3) is 0 Å². The van der Waals surface area contributed by atoms with Crippen LogP contribution in [0.2, 0.25) is 0 Å². The Hall–Kier alpha value is -3.58. The lowest BCUT2D eigenvalue weighted by Gasteiger charge is -2.44. The number of ether oxygens (including phenoxy) is 7. The van der Waals surface area contributed by atoms with Crippen molar-refractivity contribution < 1.29 is 99.5 Å². The molecule has 4 aliphatic heterocycles. The zero-order valence-corrected chi connectivity index (χ0v) is 26.9. The van der Waals surface area contributed by atoms with Crippen LogP contribution in [0.1, 0.15) is 17.2 Å². The van der Waals surface area contributed by atoms with Gasteiger partial charge in [0.15, 0.2) is 30.2 Å². The lowest BCUT2D eigenvalue weighted by Crippen LogP contribution is -2.62. The van der Waals surface area contributed by atoms with Crippen LogP contribution in [0.3, 0.4) is 0 Å². The monoisotopic (exact) mass is 744 g/mol. The highest BCUT2D eigenvalue weighted by atomic mass is 16.7. The molecule has 3 fully saturated rings. The molecule has 4 heterocycles. The molecular formula is C32H40O20. The fourth-order valence-corrected chi connectivity index (χ4v) is 6.19. The van der Waals surface area contributed by atoms with E-state index in [0.29, 0.717) is 0 Å². The first-order valence-corrected chi connectivity index (χ1v) is 16.1. The molecule has 0 radical (unpaired) electrons. The second kappa shape index (κ2) is 15.4. The van der Waals surface area contributed by atoms with Crippen LogP contribution in [0.15, 0.2) is 36.1 Å². The highest BCUT2D eigenvalue weighted by Crippen LogP contribution is 2.45. The molecule has 52 heavy (non-hydrogen) atoms. The van der Waals surface area contributed by atoms with Crippen LogP contribution >= 0.6 is 0 Å². The first-order chi connectivity index (χ1) is 24.7. The average molecular weight is 745 g/mol. The van der Waals surface area contributed by atoms with E-state index in [-0.39, 0.29) is 28.4 Å². The fourth-order valence-electron chi connectivity index (χ4n) is 6.19. The van der Waals surface area contributed by atoms with Crippen molar-refractivity contribution in [2.24, 2.45) is 0 Å². The number of hydrogen-bond acceptors (Lipinski definition) is 20. The molecule has 15 atom stereocenters. The molecule has 20 nitrogen and oxygen atoms in total. The third-order valence-corrected chi connectivity index (χ3v) is 9.16. The summed E-state index contributed by atoms with van der Waals surface area (Å²) < 4.78 is 40.0. The molecule has 288 valence electrons. The molecule has 0 spiro atoms. The van der Waals surface area contributed by atoms with E-state index < -0.39 is 129 Å². The molecule has 13 N–H and O–H groups in total. The topological polar surface area (TPSA) is 328 Å². The number of phenolic OH excluding ortho intramolecular Hbond substituents is 4. The summed E-state index contributed by atoms with van der Waals surface area (Å²) >= 11 is 0. The molecule has 0 amide bonds. The molecule has 0 aromatic heterocycles. The highest BCUT2D eigenvalue weighted by molar-refractivity contribution is 5.69. The number of aromatic hydroxyl groups is 4. The standard InChI is InChI=1S/C32H40O20/c33-7-18-21(38)24(41)27(44)31(51-18)47-9-20-22(39)25(42)29(46-8-19-23(40)26(43)30(45)49-19)32(52-20)50-17-6-12-14(36)4-11(34)5-16(12)48-28(17)10-1-2-13(35)15(37)3-10/h1-6,18-45H,7-9H2/t18-,19?,20-,21-,22+,23+,24+,25+,26-,27-,28?,29-,30-,31-,32-/m1/s1. The van der Waals surface area contributed by atoms with Crippen LogP contribution in [0.4, 0.5) is 0 Å². The Kier molecular flexibility index (Phi) is 11.3. The number of aliphatic hydroxyl groups is 9. The maximum absolute atomic E-state index is 11.3. The Labute approximate surface area is 293 Å². The van der Waals surface area contributed by atoms with Gasteiger partial charge in [-0.05, 0) is 18.2 Å². The summed E-state index contributed by atoms with van der Waals surface area (Å²) in [5.74, 6) is -1.98. The molecule has 2 aromatic carbocycles. The van der Waals surface area contributed by atoms with E-state index in [9.17, 15) is 66.4 Å². The van der Waals surface area contributed by atoms with Crippen molar-refractivity contribution >= 4 is 6.08 Å². The van der Waals surface area contributed by atoms with Crippen LogP contribution < -0.4 is 4.74 Å². The van der Waals surface area contributed by atoms with E-state index >= 15 is 0 Å². The SMILES string of the molecule is OC[C@H]1O[C@@H](OC[C@H]2O[C@@H](OC3=Cc4c(O)cc(O)cc4OC3c3ccc(O)c(O)c3)[C@H](OCC3O[C@@H](O)[C@H](O)[C@H]3O)[C@@H](O)[C@H]2O)[C@H](O)[C@@H](O)[C@@H]1O. The quantitative estimate of drug-likeness (QED) is 0.103. The Balaban J connectivity index is 1.30. The Morgan fingerprint density at radius 1 is 0.596 bits per heavy atom. The van der Waals surface area contributed by atoms with E-state index in [1.54, 1.807) is 0 Å². The number of phenols is 4. The zero-order valence-electron chi connectivity index (χ0n) is 26.9. The van der Waals surface area contributed by atoms with Crippen molar-refractivity contribution in [2.75, 3.05) is 19.8 Å². The Morgan fingerprint density at radius 3 is 1.92 bits per heavy atom. The predicted molar refractivity (Wildman–Crippen MR) is 165 cm³/mol. The van der Waals surface area contributed by atoms with Crippen LogP contribution in [-0.2, 0) is 28.4 Å². The van der Waals surface area contributed by atoms with Crippen molar-refractivity contribution in [3.63, 3.8) is 0 Å². The number of fused-ring (bicyclic) bond motifs is 1. The lowest BCUT2D eigenvalue weighted by molar-refractivity contribution is -0.332. The number of benzene rings is 2. The summed E-state index contributed by atoms with van der Waals surface area (Å²) in [6.45, 7) is -2.00. The first kappa shape index (κ1) is 38.2. The average Bonchev–Trinajstić information content (AvgIpc) is 3.35. The van der Waals surface area contributed by atoms with Crippen molar-refractivity contribution in [3.05, 3.63) is 47.2 Å². The van der Waals surface area contributed by atoms with Crippen molar-refractivity contribution in [3.8, 4) is 28.7 Å². The predicted octanol–water partition coefficient (Wildman–Crippen LogP) is -3.91. The van der Waals surface area contributed by atoms with E-state index in [1.807, 2.05) is 0 Å². The van der Waals surface area contributed by atoms with E-state index in [0.717, 1.165) is 18.2 Å². The van der Waals surface area contributed by atoms with Gasteiger partial charge in [0.1, 0.15) is 90.2 Å². The van der Waals surface area contributed by atoms with E-state index in [1.165, 1.54) is 18.2 Å². The van der Waals surface area contributed by atoms with Crippen molar-refractivity contribution in [2.45, 2.75) is 92.1 Å². The smallest absolute Gasteiger partial charge is 0.229 e. The second-order valence-electron chi connectivity index (χ2n) is 12.7. The number of aliphatic hydroxyl groups excluding tert-OH is 9. The normalized spacial score (nSPS) is 39.0. The summed E-state index contributed by atoms with van der Waals surface area (Å²) in [7, 11) is 0. The molecule has 2 unspecified atom stereocenters. The Morgan fingerprint density at radius 2 is 1.25 bits per heavy atom. The largest absolute Gasteiger partial charge is 0.508 e. The summed E-state index contributed by atoms with van der Waals surface area (Å²) in [6.07, 6.45) is -23.2. The molecule has 0 bridgehead atoms. The minimum absolute atomic E-state index is 0.0221. The summed E-state index contributed by atoms with van der Waals surface area (Å²) in [6, 6.07) is 5.89. The van der Waals surface area contributed by atoms with Gasteiger partial charge >= 0.3 is 0 Å². The molecule has 3 saturated heterocycles. The second-order valence-corrected chi connectivity index (χ2v) is 12.7. The maximum atomic E-state index is 11.3. The lowest BCUT2D eigenvalue weighted by atomic mass is 9.97. The molecule has 0 saturated carbocycles. The molecular weight excluding hydrogens is 704 g/mol. The van der Waals surface area contributed by atoms with Crippen LogP contribution in [-0.4, -0.2) is 172 Å². The molecule has 4 aliphatic rings. The highest BCUT2D eigenvalue weighted by Gasteiger charge is 2.51. The Bertz CT molecular complexity index is 1590. The zero-order chi connectivity index (χ0) is 37.6. The minimum atomic E-state index is -1.88. The van der Waals surface area contributed by atoms with Gasteiger partial charge in [0, 0.05) is 17.7 Å². The van der Waals surface area contributed by atoms with Crippen LogP contribution in [0.5, 0.6) is 28.7 Å². The first-order valence-electron chi connectivity index (χ1n) is 16.1. The third-order valence-electron chi connectivity index (χ3n) is 9.16. The van der Waals surface area contributed by atoms with Crippen molar-refractivity contribution in [1.82, 2.24) is 0 Å². The molecule has 0 aliphatic carbocycles. The van der Waals surface area contributed by atoms with Crippen molar-refractivity contribution in [1.29, 1.82) is 0 Å². The summed E-state index contributed by atoms with van der Waals surface area (Å²) in [5.41, 5.74) is 0.200. The van der Waals surface area contributed by atoms with E-state index in [4.69, 9.17) is 33.2 Å². The van der Waals surface area contributed by atoms with Gasteiger partial charge in [0.05, 0.1) is 25.4 Å². The molecule has 6 rings (SSSR count). The van der Waals surface area contributed by atoms with Crippen LogP contribution in [0, 0.1) is 0 Å². The van der Waals surface area contributed by atoms with Gasteiger partial charge in [0.2, 0.25) is 6.29 Å². The van der Waals surface area contributed by atoms with Gasteiger partial charge in [-0.15, -0.1) is 0 Å². The van der Waals surface area contributed by atoms with Gasteiger partial charge in [-0.1, -0.05) is 6.07 Å². The van der Waals surface area contributed by atoms with Gasteiger partial charge < -0.3 is 99.5 Å². The van der Waals surface area contributed by atoms with Crippen LogP contribution in [0.25, 0.3) is 6.08 Å². The van der Waals surface area contributed by atoms with Gasteiger partial charge in [-0.2, -0.15) is 0 Å². The minimum Gasteiger partial charge on any atom is -0.508 e. The van der Waals surface area contributed by atoms with E-state index in [2.05, 4.69) is 0 Å². The van der Waals surface area contributed by atoms with Gasteiger partial charge in [-0.25, -0.2) is 0 Å². The molecule has 20 heteroatoms.